The summed E-state index contributed by atoms with van der Waals surface area (Å²) in [7, 11) is 3.64. The fourth-order valence-corrected chi connectivity index (χ4v) is 4.17. The molecule has 0 amide bonds. The lowest BCUT2D eigenvalue weighted by molar-refractivity contribution is -0.136. The first kappa shape index (κ1) is 13.5. The molecule has 13 heavy (non-hydrogen) atoms. The number of carboxylic acids is 1. The van der Waals surface area contributed by atoms with Crippen LogP contribution in [0.3, 0.4) is 0 Å². The minimum Gasteiger partial charge on any atom is -0.481 e. The minimum atomic E-state index is -0.707. The first-order valence-corrected chi connectivity index (χ1v) is 7.49. The number of hydrogen-bond donors (Lipinski definition) is 1. The van der Waals surface area contributed by atoms with Crippen molar-refractivity contribution in [3.8, 4) is 0 Å². The van der Waals surface area contributed by atoms with Gasteiger partial charge in [-0.15, -0.1) is 11.8 Å². The monoisotopic (exact) mass is 240 g/mol. The molecule has 0 bridgehead atoms. The maximum Gasteiger partial charge on any atom is 0.304 e. The van der Waals surface area contributed by atoms with Crippen LogP contribution in [0.1, 0.15) is 27.2 Å². The second-order valence-corrected chi connectivity index (χ2v) is 8.08. The molecular weight excluding hydrogens is 224 g/mol. The van der Waals surface area contributed by atoms with Crippen LogP contribution in [0.25, 0.3) is 0 Å². The van der Waals surface area contributed by atoms with Crippen molar-refractivity contribution in [2.24, 2.45) is 0 Å². The molecule has 1 N–H and O–H groups in total. The van der Waals surface area contributed by atoms with E-state index >= 15 is 0 Å². The molecule has 0 aliphatic rings. The molecule has 0 spiro atoms. The van der Waals surface area contributed by atoms with E-state index in [0.29, 0.717) is 5.75 Å². The highest BCUT2D eigenvalue weighted by Crippen LogP contribution is 2.36. The molecule has 5 heteroatoms. The van der Waals surface area contributed by atoms with E-state index in [4.69, 9.17) is 5.11 Å². The molecule has 0 rings (SSSR count). The highest BCUT2D eigenvalue weighted by molar-refractivity contribution is 8.78. The molecule has 0 aliphatic heterocycles. The van der Waals surface area contributed by atoms with Gasteiger partial charge in [0.1, 0.15) is 0 Å². The molecule has 2 nitrogen and oxygen atoms in total. The van der Waals surface area contributed by atoms with Crippen molar-refractivity contribution in [3.05, 3.63) is 0 Å². The highest BCUT2D eigenvalue weighted by atomic mass is 33.1. The summed E-state index contributed by atoms with van der Waals surface area (Å²) in [6.45, 7) is 6.52. The maximum atomic E-state index is 10.2. The largest absolute Gasteiger partial charge is 0.481 e. The summed E-state index contributed by atoms with van der Waals surface area (Å²) in [4.78, 5) is 10.2. The maximum absolute atomic E-state index is 10.2. The van der Waals surface area contributed by atoms with Crippen LogP contribution in [-0.4, -0.2) is 26.7 Å². The second-order valence-electron chi connectivity index (χ2n) is 3.48. The molecule has 0 unspecified atom stereocenters. The van der Waals surface area contributed by atoms with Crippen molar-refractivity contribution >= 4 is 39.3 Å². The van der Waals surface area contributed by atoms with Gasteiger partial charge in [0.05, 0.1) is 6.42 Å². The van der Waals surface area contributed by atoms with Gasteiger partial charge in [-0.25, -0.2) is 0 Å². The SMILES string of the molecule is CC(C)(C)SSCSCCC(=O)O. The number of hydrogen-bond acceptors (Lipinski definition) is 4. The molecule has 0 aromatic rings. The Morgan fingerprint density at radius 2 is 2.00 bits per heavy atom. The summed E-state index contributed by atoms with van der Waals surface area (Å²) in [5, 5.41) is 9.34. The van der Waals surface area contributed by atoms with Crippen LogP contribution < -0.4 is 0 Å². The van der Waals surface area contributed by atoms with Crippen molar-refractivity contribution in [2.75, 3.05) is 10.8 Å². The molecular formula is C8H16O2S3. The standard InChI is InChI=1S/C8H16O2S3/c1-8(2,3)13-12-6-11-5-4-7(9)10/h4-6H2,1-3H3,(H,9,10). The van der Waals surface area contributed by atoms with Gasteiger partial charge < -0.3 is 5.11 Å². The lowest BCUT2D eigenvalue weighted by Gasteiger charge is -2.15. The zero-order chi connectivity index (χ0) is 10.3. The van der Waals surface area contributed by atoms with E-state index in [1.54, 1.807) is 22.6 Å². The lowest BCUT2D eigenvalue weighted by Crippen LogP contribution is -2.04. The van der Waals surface area contributed by atoms with Gasteiger partial charge in [-0.05, 0) is 0 Å². The van der Waals surface area contributed by atoms with Crippen molar-refractivity contribution in [3.63, 3.8) is 0 Å². The Bertz CT molecular complexity index is 154. The Morgan fingerprint density at radius 3 is 2.46 bits per heavy atom. The van der Waals surface area contributed by atoms with Gasteiger partial charge in [-0.2, -0.15) is 0 Å². The van der Waals surface area contributed by atoms with E-state index in [0.717, 1.165) is 5.08 Å². The summed E-state index contributed by atoms with van der Waals surface area (Å²) in [5.74, 6) is 0.00788. The van der Waals surface area contributed by atoms with Crippen LogP contribution >= 0.6 is 33.3 Å². The first-order chi connectivity index (χ1) is 5.92. The van der Waals surface area contributed by atoms with Gasteiger partial charge in [0, 0.05) is 15.6 Å². The van der Waals surface area contributed by atoms with Gasteiger partial charge in [-0.1, -0.05) is 42.4 Å². The second kappa shape index (κ2) is 6.90. The summed E-state index contributed by atoms with van der Waals surface area (Å²) in [6, 6.07) is 0. The van der Waals surface area contributed by atoms with Crippen molar-refractivity contribution in [1.82, 2.24) is 0 Å². The molecule has 0 fully saturated rings. The van der Waals surface area contributed by atoms with Gasteiger partial charge in [-0.3, -0.25) is 4.79 Å². The van der Waals surface area contributed by atoms with Crippen LogP contribution in [0.2, 0.25) is 0 Å². The zero-order valence-corrected chi connectivity index (χ0v) is 10.7. The third kappa shape index (κ3) is 12.5. The molecule has 0 heterocycles. The van der Waals surface area contributed by atoms with Crippen molar-refractivity contribution in [1.29, 1.82) is 0 Å². The topological polar surface area (TPSA) is 37.3 Å². The Morgan fingerprint density at radius 1 is 1.38 bits per heavy atom. The van der Waals surface area contributed by atoms with E-state index in [2.05, 4.69) is 20.8 Å². The molecule has 0 saturated carbocycles. The Labute approximate surface area is 92.0 Å². The number of rotatable bonds is 6. The summed E-state index contributed by atoms with van der Waals surface area (Å²) in [6.07, 6.45) is 0.269. The van der Waals surface area contributed by atoms with Crippen LogP contribution in [0.5, 0.6) is 0 Å². The van der Waals surface area contributed by atoms with Gasteiger partial charge in [0.2, 0.25) is 0 Å². The highest BCUT2D eigenvalue weighted by Gasteiger charge is 2.10. The Balaban J connectivity index is 3.13. The molecule has 0 aromatic carbocycles. The van der Waals surface area contributed by atoms with Gasteiger partial charge >= 0.3 is 5.97 Å². The number of thioether (sulfide) groups is 1. The minimum absolute atomic E-state index is 0.269. The third-order valence-corrected chi connectivity index (χ3v) is 5.78. The van der Waals surface area contributed by atoms with Crippen molar-refractivity contribution in [2.45, 2.75) is 31.9 Å². The van der Waals surface area contributed by atoms with Crippen LogP contribution in [0.4, 0.5) is 0 Å². The number of carboxylic acid groups (broad SMARTS) is 1. The first-order valence-electron chi connectivity index (χ1n) is 4.02. The summed E-state index contributed by atoms with van der Waals surface area (Å²) < 4.78 is 0.290. The number of carbonyl (C=O) groups is 1. The van der Waals surface area contributed by atoms with E-state index in [9.17, 15) is 4.79 Å². The fraction of sp³-hybridized carbons (Fsp3) is 0.875. The predicted molar refractivity (Wildman–Crippen MR) is 64.5 cm³/mol. The quantitative estimate of drug-likeness (QED) is 0.438. The lowest BCUT2D eigenvalue weighted by atomic mass is 10.3. The average molecular weight is 240 g/mol. The average Bonchev–Trinajstić information content (AvgIpc) is 1.93. The van der Waals surface area contributed by atoms with E-state index in [1.807, 2.05) is 10.8 Å². The Hall–Kier alpha value is 0.520. The molecule has 0 radical (unpaired) electrons. The van der Waals surface area contributed by atoms with E-state index in [-0.39, 0.29) is 11.2 Å². The van der Waals surface area contributed by atoms with E-state index < -0.39 is 5.97 Å². The van der Waals surface area contributed by atoms with Crippen LogP contribution in [0, 0.1) is 0 Å². The zero-order valence-electron chi connectivity index (χ0n) is 8.20. The number of aliphatic carboxylic acids is 1. The smallest absolute Gasteiger partial charge is 0.304 e. The van der Waals surface area contributed by atoms with Crippen molar-refractivity contribution < 1.29 is 9.90 Å². The van der Waals surface area contributed by atoms with Crippen LogP contribution in [0.15, 0.2) is 0 Å². The predicted octanol–water partition coefficient (Wildman–Crippen LogP) is 3.33. The fourth-order valence-electron chi connectivity index (χ4n) is 0.453. The molecule has 0 aromatic heterocycles. The van der Waals surface area contributed by atoms with Crippen LogP contribution in [-0.2, 0) is 4.79 Å². The normalized spacial score (nSPS) is 11.6. The Kier molecular flexibility index (Phi) is 7.17. The molecule has 0 saturated heterocycles. The van der Waals surface area contributed by atoms with Gasteiger partial charge in [0.15, 0.2) is 0 Å². The summed E-state index contributed by atoms with van der Waals surface area (Å²) in [5.41, 5.74) is 0. The molecule has 78 valence electrons. The summed E-state index contributed by atoms with van der Waals surface area (Å²) >= 11 is 1.68. The van der Waals surface area contributed by atoms with Gasteiger partial charge in [0.25, 0.3) is 0 Å². The molecule has 0 aliphatic carbocycles. The third-order valence-electron chi connectivity index (χ3n) is 0.901. The molecule has 0 atom stereocenters. The van der Waals surface area contributed by atoms with E-state index in [1.165, 1.54) is 0 Å².